The van der Waals surface area contributed by atoms with E-state index in [1.54, 1.807) is 6.92 Å². The number of fused-ring (bicyclic) bond motifs is 2. The summed E-state index contributed by atoms with van der Waals surface area (Å²) < 4.78 is 11.7. The molecular weight excluding hydrogens is 460 g/mol. The molecule has 192 valence electrons. The number of rotatable bonds is 8. The lowest BCUT2D eigenvalue weighted by molar-refractivity contribution is -0.155. The number of anilines is 1. The molecule has 0 aromatic heterocycles. The largest absolute Gasteiger partial charge is 0.466 e. The van der Waals surface area contributed by atoms with E-state index >= 15 is 0 Å². The first-order chi connectivity index (χ1) is 17.3. The molecule has 3 aliphatic rings. The second-order valence-corrected chi connectivity index (χ2v) is 10.6. The number of aliphatic hydroxyl groups excluding tert-OH is 1. The van der Waals surface area contributed by atoms with Crippen molar-refractivity contribution >= 4 is 34.2 Å². The Morgan fingerprint density at radius 3 is 2.67 bits per heavy atom. The van der Waals surface area contributed by atoms with Crippen LogP contribution in [0.5, 0.6) is 0 Å². The predicted octanol–water partition coefficient (Wildman–Crippen LogP) is 3.12. The first kappa shape index (κ1) is 24.7. The van der Waals surface area contributed by atoms with Gasteiger partial charge in [0, 0.05) is 5.69 Å². The molecule has 0 saturated carbocycles. The Balaban J connectivity index is 1.53. The standard InChI is InChI=1S/C28H34N2O6/c1-4-35-27(34)22-21-11-12-28(36-21)23(22)26(33)30(20(15-31)13-16(2)3)24(28)25(32)29-19-10-9-17-7-5-6-8-18(17)14-19/h5-10,14,16,20-24,31H,4,11-13,15H2,1-3H3,(H,29,32)/t20-,21-,22+,23+,24-,28+/m1/s1. The van der Waals surface area contributed by atoms with Gasteiger partial charge in [-0.25, -0.2) is 0 Å². The maximum absolute atomic E-state index is 14.0. The number of aliphatic hydroxyl groups is 1. The van der Waals surface area contributed by atoms with E-state index in [0.29, 0.717) is 24.9 Å². The Hall–Kier alpha value is -2.97. The minimum Gasteiger partial charge on any atom is -0.466 e. The Labute approximate surface area is 210 Å². The lowest BCUT2D eigenvalue weighted by Crippen LogP contribution is -2.56. The summed E-state index contributed by atoms with van der Waals surface area (Å²) in [5.74, 6) is -2.49. The Bertz CT molecular complexity index is 1180. The van der Waals surface area contributed by atoms with E-state index in [9.17, 15) is 19.5 Å². The smallest absolute Gasteiger partial charge is 0.312 e. The highest BCUT2D eigenvalue weighted by atomic mass is 16.6. The van der Waals surface area contributed by atoms with Crippen LogP contribution in [0.15, 0.2) is 42.5 Å². The van der Waals surface area contributed by atoms with E-state index < -0.39 is 41.6 Å². The van der Waals surface area contributed by atoms with Gasteiger partial charge in [-0.2, -0.15) is 0 Å². The Morgan fingerprint density at radius 2 is 1.97 bits per heavy atom. The van der Waals surface area contributed by atoms with Crippen molar-refractivity contribution in [2.24, 2.45) is 17.8 Å². The van der Waals surface area contributed by atoms with Gasteiger partial charge in [0.15, 0.2) is 0 Å². The molecule has 3 saturated heterocycles. The van der Waals surface area contributed by atoms with E-state index in [1.807, 2.05) is 56.3 Å². The molecule has 0 radical (unpaired) electrons. The van der Waals surface area contributed by atoms with E-state index in [0.717, 1.165) is 10.8 Å². The molecule has 8 heteroatoms. The second-order valence-electron chi connectivity index (χ2n) is 10.6. The van der Waals surface area contributed by atoms with Gasteiger partial charge >= 0.3 is 5.97 Å². The second kappa shape index (κ2) is 9.48. The van der Waals surface area contributed by atoms with E-state index in [1.165, 1.54) is 4.90 Å². The van der Waals surface area contributed by atoms with Crippen molar-refractivity contribution in [3.63, 3.8) is 0 Å². The van der Waals surface area contributed by atoms with Crippen molar-refractivity contribution in [1.82, 2.24) is 4.90 Å². The van der Waals surface area contributed by atoms with Gasteiger partial charge in [-0.15, -0.1) is 0 Å². The number of nitrogens with zero attached hydrogens (tertiary/aromatic N) is 1. The van der Waals surface area contributed by atoms with Crippen molar-refractivity contribution in [2.45, 2.75) is 63.8 Å². The monoisotopic (exact) mass is 494 g/mol. The van der Waals surface area contributed by atoms with Crippen LogP contribution in [0.4, 0.5) is 5.69 Å². The fourth-order valence-electron chi connectivity index (χ4n) is 6.59. The molecule has 8 nitrogen and oxygen atoms in total. The summed E-state index contributed by atoms with van der Waals surface area (Å²) in [5, 5.41) is 15.3. The molecule has 0 aliphatic carbocycles. The summed E-state index contributed by atoms with van der Waals surface area (Å²) in [5.41, 5.74) is -0.505. The van der Waals surface area contributed by atoms with Crippen LogP contribution in [0.2, 0.25) is 0 Å². The van der Waals surface area contributed by atoms with Crippen LogP contribution in [0.3, 0.4) is 0 Å². The number of amides is 2. The molecule has 3 heterocycles. The molecule has 0 unspecified atom stereocenters. The third-order valence-electron chi connectivity index (χ3n) is 7.91. The zero-order valence-electron chi connectivity index (χ0n) is 21.0. The van der Waals surface area contributed by atoms with Gasteiger partial charge in [0.1, 0.15) is 11.6 Å². The van der Waals surface area contributed by atoms with Gasteiger partial charge in [0.05, 0.1) is 37.2 Å². The molecule has 3 aliphatic heterocycles. The molecule has 2 aromatic carbocycles. The van der Waals surface area contributed by atoms with Gasteiger partial charge in [-0.05, 0) is 55.0 Å². The fourth-order valence-corrected chi connectivity index (χ4v) is 6.59. The first-order valence-electron chi connectivity index (χ1n) is 12.9. The van der Waals surface area contributed by atoms with E-state index in [4.69, 9.17) is 9.47 Å². The average molecular weight is 495 g/mol. The van der Waals surface area contributed by atoms with Crippen LogP contribution in [-0.2, 0) is 23.9 Å². The molecule has 2 amide bonds. The van der Waals surface area contributed by atoms with Crippen molar-refractivity contribution in [1.29, 1.82) is 0 Å². The zero-order chi connectivity index (χ0) is 25.6. The van der Waals surface area contributed by atoms with Crippen molar-refractivity contribution in [3.05, 3.63) is 42.5 Å². The Morgan fingerprint density at radius 1 is 1.22 bits per heavy atom. The zero-order valence-corrected chi connectivity index (χ0v) is 21.0. The molecule has 6 atom stereocenters. The number of ether oxygens (including phenoxy) is 2. The summed E-state index contributed by atoms with van der Waals surface area (Å²) in [6.45, 7) is 5.68. The van der Waals surface area contributed by atoms with Crippen molar-refractivity contribution in [2.75, 3.05) is 18.5 Å². The SMILES string of the molecule is CCOC(=O)[C@@H]1[C@H]2C(=O)N([C@@H](CO)CC(C)C)[C@H](C(=O)Nc3ccc4ccccc4c3)[C@]23CC[C@H]1O3. The fraction of sp³-hybridized carbons (Fsp3) is 0.536. The van der Waals surface area contributed by atoms with Crippen LogP contribution in [0, 0.1) is 17.8 Å². The lowest BCUT2D eigenvalue weighted by Gasteiger charge is -2.37. The highest BCUT2D eigenvalue weighted by molar-refractivity contribution is 6.04. The normalized spacial score (nSPS) is 29.6. The average Bonchev–Trinajstić information content (AvgIpc) is 3.50. The molecule has 2 bridgehead atoms. The van der Waals surface area contributed by atoms with Crippen LogP contribution in [-0.4, -0.2) is 64.8 Å². The van der Waals surface area contributed by atoms with Crippen LogP contribution in [0.25, 0.3) is 10.8 Å². The minimum absolute atomic E-state index is 0.190. The summed E-state index contributed by atoms with van der Waals surface area (Å²) in [6, 6.07) is 12.0. The summed E-state index contributed by atoms with van der Waals surface area (Å²) in [6.07, 6.45) is 1.15. The number of nitrogens with one attached hydrogen (secondary N) is 1. The van der Waals surface area contributed by atoms with Crippen molar-refractivity contribution in [3.8, 4) is 0 Å². The van der Waals surface area contributed by atoms with Gasteiger partial charge in [-0.1, -0.05) is 44.2 Å². The number of carbonyl (C=O) groups is 3. The topological polar surface area (TPSA) is 105 Å². The molecule has 5 rings (SSSR count). The highest BCUT2D eigenvalue weighted by Crippen LogP contribution is 2.59. The number of carbonyl (C=O) groups excluding carboxylic acids is 3. The summed E-state index contributed by atoms with van der Waals surface area (Å²) >= 11 is 0. The first-order valence-corrected chi connectivity index (χ1v) is 12.9. The highest BCUT2D eigenvalue weighted by Gasteiger charge is 2.75. The molecule has 3 fully saturated rings. The van der Waals surface area contributed by atoms with Gasteiger partial charge in [-0.3, -0.25) is 14.4 Å². The van der Waals surface area contributed by atoms with Gasteiger partial charge in [0.25, 0.3) is 0 Å². The molecule has 36 heavy (non-hydrogen) atoms. The van der Waals surface area contributed by atoms with E-state index in [2.05, 4.69) is 5.32 Å². The number of hydrogen-bond donors (Lipinski definition) is 2. The third-order valence-corrected chi connectivity index (χ3v) is 7.91. The number of benzene rings is 2. The molecule has 2 N–H and O–H groups in total. The Kier molecular flexibility index (Phi) is 6.51. The maximum atomic E-state index is 14.0. The summed E-state index contributed by atoms with van der Waals surface area (Å²) in [4.78, 5) is 42.3. The quantitative estimate of drug-likeness (QED) is 0.547. The van der Waals surface area contributed by atoms with E-state index in [-0.39, 0.29) is 30.9 Å². The predicted molar refractivity (Wildman–Crippen MR) is 134 cm³/mol. The molecule has 1 spiro atoms. The van der Waals surface area contributed by atoms with Crippen molar-refractivity contribution < 1.29 is 29.0 Å². The third kappa shape index (κ3) is 3.87. The summed E-state index contributed by atoms with van der Waals surface area (Å²) in [7, 11) is 0. The van der Waals surface area contributed by atoms with Gasteiger partial charge < -0.3 is 24.8 Å². The van der Waals surface area contributed by atoms with Gasteiger partial charge in [0.2, 0.25) is 11.8 Å². The lowest BCUT2D eigenvalue weighted by atomic mass is 9.70. The number of hydrogen-bond acceptors (Lipinski definition) is 6. The molecule has 2 aromatic rings. The number of likely N-dealkylation sites (tertiary alicyclic amines) is 1. The minimum atomic E-state index is -1.12. The van der Waals surface area contributed by atoms with Crippen LogP contribution < -0.4 is 5.32 Å². The van der Waals surface area contributed by atoms with Crippen LogP contribution >= 0.6 is 0 Å². The molecular formula is C28H34N2O6. The maximum Gasteiger partial charge on any atom is 0.312 e. The van der Waals surface area contributed by atoms with Crippen LogP contribution in [0.1, 0.15) is 40.0 Å². The number of esters is 1.